The highest BCUT2D eigenvalue weighted by Crippen LogP contribution is 2.33. The van der Waals surface area contributed by atoms with E-state index in [1.807, 2.05) is 63.2 Å². The molecule has 4 rings (SSSR count). The van der Waals surface area contributed by atoms with Crippen LogP contribution in [0.4, 0.5) is 11.4 Å². The van der Waals surface area contributed by atoms with Gasteiger partial charge in [0.05, 0.1) is 24.8 Å². The van der Waals surface area contributed by atoms with Gasteiger partial charge in [0, 0.05) is 22.4 Å². The number of ether oxygens (including phenoxy) is 2. The van der Waals surface area contributed by atoms with Crippen LogP contribution in [0.5, 0.6) is 11.5 Å². The van der Waals surface area contributed by atoms with Gasteiger partial charge in [-0.25, -0.2) is 8.42 Å². The van der Waals surface area contributed by atoms with Crippen molar-refractivity contribution in [3.05, 3.63) is 107 Å². The molecule has 0 saturated heterocycles. The van der Waals surface area contributed by atoms with Crippen molar-refractivity contribution in [2.24, 2.45) is 0 Å². The first-order valence-electron chi connectivity index (χ1n) is 13.0. The van der Waals surface area contributed by atoms with E-state index in [9.17, 15) is 13.2 Å². The lowest BCUT2D eigenvalue weighted by atomic mass is 10.1. The molecule has 0 saturated carbocycles. The van der Waals surface area contributed by atoms with Crippen LogP contribution in [0.3, 0.4) is 0 Å². The summed E-state index contributed by atoms with van der Waals surface area (Å²) >= 11 is 1.74. The van der Waals surface area contributed by atoms with Crippen molar-refractivity contribution in [1.82, 2.24) is 0 Å². The standard InChI is InChI=1S/C32H34N2O5S2/c1-22-15-23(2)17-26(16-22)34(41(36,37)28-12-14-30(38-4)31(19-28)39-5)20-32(35)33-29-13-11-25(18-24(29)3)21-40-27-9-7-6-8-10-27/h6-19H,20-21H2,1-5H3,(H,33,35). The van der Waals surface area contributed by atoms with Crippen molar-refractivity contribution in [3.8, 4) is 11.5 Å². The van der Waals surface area contributed by atoms with Crippen molar-refractivity contribution in [2.45, 2.75) is 36.3 Å². The van der Waals surface area contributed by atoms with Crippen LogP contribution >= 0.6 is 11.8 Å². The number of anilines is 2. The second-order valence-corrected chi connectivity index (χ2v) is 12.6. The number of carbonyl (C=O) groups is 1. The van der Waals surface area contributed by atoms with Crippen LogP contribution < -0.4 is 19.1 Å². The number of benzene rings is 4. The molecule has 7 nitrogen and oxygen atoms in total. The maximum absolute atomic E-state index is 14.0. The van der Waals surface area contributed by atoms with Crippen molar-refractivity contribution < 1.29 is 22.7 Å². The Bertz CT molecular complexity index is 1620. The summed E-state index contributed by atoms with van der Waals surface area (Å²) in [4.78, 5) is 14.5. The summed E-state index contributed by atoms with van der Waals surface area (Å²) in [6.45, 7) is 5.29. The average molecular weight is 591 g/mol. The highest BCUT2D eigenvalue weighted by molar-refractivity contribution is 7.98. The quantitative estimate of drug-likeness (QED) is 0.195. The fraction of sp³-hybridized carbons (Fsp3) is 0.219. The van der Waals surface area contributed by atoms with Crippen LogP contribution in [0.2, 0.25) is 0 Å². The molecule has 0 unspecified atom stereocenters. The molecule has 214 valence electrons. The number of nitrogens with zero attached hydrogens (tertiary/aromatic N) is 1. The van der Waals surface area contributed by atoms with Crippen LogP contribution in [0.1, 0.15) is 22.3 Å². The molecule has 1 N–H and O–H groups in total. The fourth-order valence-corrected chi connectivity index (χ4v) is 6.76. The van der Waals surface area contributed by atoms with Crippen molar-refractivity contribution in [2.75, 3.05) is 30.4 Å². The van der Waals surface area contributed by atoms with Crippen LogP contribution in [0, 0.1) is 20.8 Å². The van der Waals surface area contributed by atoms with Gasteiger partial charge in [0.15, 0.2) is 11.5 Å². The molecule has 0 aromatic heterocycles. The van der Waals surface area contributed by atoms with Gasteiger partial charge in [-0.2, -0.15) is 0 Å². The van der Waals surface area contributed by atoms with E-state index < -0.39 is 22.5 Å². The monoisotopic (exact) mass is 590 g/mol. The minimum absolute atomic E-state index is 0.0152. The van der Waals surface area contributed by atoms with E-state index in [-0.39, 0.29) is 10.6 Å². The molecule has 0 fully saturated rings. The molecule has 0 atom stereocenters. The van der Waals surface area contributed by atoms with Crippen LogP contribution in [0.15, 0.2) is 94.7 Å². The predicted molar refractivity (Wildman–Crippen MR) is 166 cm³/mol. The zero-order valence-electron chi connectivity index (χ0n) is 23.8. The number of aryl methyl sites for hydroxylation is 3. The smallest absolute Gasteiger partial charge is 0.264 e. The Morgan fingerprint density at radius 3 is 2.15 bits per heavy atom. The second kappa shape index (κ2) is 13.1. The summed E-state index contributed by atoms with van der Waals surface area (Å²) in [6, 6.07) is 25.9. The van der Waals surface area contributed by atoms with E-state index in [1.165, 1.54) is 37.3 Å². The molecule has 4 aromatic rings. The number of carbonyl (C=O) groups excluding carboxylic acids is 1. The second-order valence-electron chi connectivity index (χ2n) is 9.67. The Hall–Kier alpha value is -3.95. The van der Waals surface area contributed by atoms with Gasteiger partial charge in [0.2, 0.25) is 5.91 Å². The number of amides is 1. The first-order chi connectivity index (χ1) is 19.6. The number of nitrogens with one attached hydrogen (secondary N) is 1. The Kier molecular flexibility index (Phi) is 9.62. The van der Waals surface area contributed by atoms with E-state index in [4.69, 9.17) is 9.47 Å². The Morgan fingerprint density at radius 2 is 1.51 bits per heavy atom. The van der Waals surface area contributed by atoms with Gasteiger partial charge in [-0.1, -0.05) is 36.4 Å². The van der Waals surface area contributed by atoms with E-state index >= 15 is 0 Å². The van der Waals surface area contributed by atoms with E-state index in [2.05, 4.69) is 17.4 Å². The molecule has 4 aromatic carbocycles. The molecule has 0 spiro atoms. The lowest BCUT2D eigenvalue weighted by molar-refractivity contribution is -0.114. The largest absolute Gasteiger partial charge is 0.493 e. The minimum atomic E-state index is -4.15. The van der Waals surface area contributed by atoms with Gasteiger partial charge in [-0.05, 0) is 85.5 Å². The normalized spacial score (nSPS) is 11.1. The van der Waals surface area contributed by atoms with Crippen molar-refractivity contribution >= 4 is 39.1 Å². The molecule has 0 heterocycles. The Morgan fingerprint density at radius 1 is 0.829 bits per heavy atom. The number of rotatable bonds is 11. The Balaban J connectivity index is 1.58. The predicted octanol–water partition coefficient (Wildman–Crippen LogP) is 6.76. The highest BCUT2D eigenvalue weighted by Gasteiger charge is 2.29. The Labute approximate surface area is 246 Å². The number of sulfonamides is 1. The van der Waals surface area contributed by atoms with Gasteiger partial charge in [0.1, 0.15) is 6.54 Å². The number of hydrogen-bond donors (Lipinski definition) is 1. The van der Waals surface area contributed by atoms with Crippen molar-refractivity contribution in [3.63, 3.8) is 0 Å². The fourth-order valence-electron chi connectivity index (χ4n) is 4.47. The SMILES string of the molecule is COc1ccc(S(=O)(=O)N(CC(=O)Nc2ccc(CSc3ccccc3)cc2C)c2cc(C)cc(C)c2)cc1OC. The molecule has 0 bridgehead atoms. The van der Waals surface area contributed by atoms with Gasteiger partial charge in [0.25, 0.3) is 10.0 Å². The van der Waals surface area contributed by atoms with Gasteiger partial charge in [-0.15, -0.1) is 11.8 Å². The summed E-state index contributed by atoms with van der Waals surface area (Å²) in [5, 5.41) is 2.91. The van der Waals surface area contributed by atoms with Crippen LogP contribution in [-0.4, -0.2) is 35.1 Å². The third-order valence-corrected chi connectivity index (χ3v) is 9.29. The maximum atomic E-state index is 14.0. The zero-order chi connectivity index (χ0) is 29.6. The molecular weight excluding hydrogens is 556 g/mol. The lowest BCUT2D eigenvalue weighted by Crippen LogP contribution is -2.38. The maximum Gasteiger partial charge on any atom is 0.264 e. The number of thioether (sulfide) groups is 1. The lowest BCUT2D eigenvalue weighted by Gasteiger charge is -2.25. The molecule has 9 heteroatoms. The number of methoxy groups -OCH3 is 2. The summed E-state index contributed by atoms with van der Waals surface area (Å²) in [5.74, 6) is 1.02. The van der Waals surface area contributed by atoms with Crippen LogP contribution in [0.25, 0.3) is 0 Å². The first kappa shape index (κ1) is 30.0. The highest BCUT2D eigenvalue weighted by atomic mass is 32.2. The molecular formula is C32H34N2O5S2. The van der Waals surface area contributed by atoms with Crippen molar-refractivity contribution in [1.29, 1.82) is 0 Å². The average Bonchev–Trinajstić information content (AvgIpc) is 2.95. The van der Waals surface area contributed by atoms with Crippen LogP contribution in [-0.2, 0) is 20.6 Å². The summed E-state index contributed by atoms with van der Waals surface area (Å²) in [6.07, 6.45) is 0. The molecule has 0 aliphatic carbocycles. The van der Waals surface area contributed by atoms with Gasteiger partial charge >= 0.3 is 0 Å². The topological polar surface area (TPSA) is 84.9 Å². The molecule has 1 amide bonds. The zero-order valence-corrected chi connectivity index (χ0v) is 25.4. The van der Waals surface area contributed by atoms with E-state index in [0.717, 1.165) is 32.3 Å². The summed E-state index contributed by atoms with van der Waals surface area (Å²) in [7, 11) is -1.23. The molecule has 0 aliphatic heterocycles. The van der Waals surface area contributed by atoms with Gasteiger partial charge < -0.3 is 14.8 Å². The molecule has 41 heavy (non-hydrogen) atoms. The molecule has 0 aliphatic rings. The first-order valence-corrected chi connectivity index (χ1v) is 15.4. The minimum Gasteiger partial charge on any atom is -0.493 e. The summed E-state index contributed by atoms with van der Waals surface area (Å²) < 4.78 is 39.6. The molecule has 0 radical (unpaired) electrons. The summed E-state index contributed by atoms with van der Waals surface area (Å²) in [5.41, 5.74) is 4.82. The number of hydrogen-bond acceptors (Lipinski definition) is 6. The van der Waals surface area contributed by atoms with E-state index in [0.29, 0.717) is 17.1 Å². The third-order valence-electron chi connectivity index (χ3n) is 6.44. The third kappa shape index (κ3) is 7.42. The van der Waals surface area contributed by atoms with E-state index in [1.54, 1.807) is 23.9 Å². The van der Waals surface area contributed by atoms with Gasteiger partial charge in [-0.3, -0.25) is 9.10 Å².